The monoisotopic (exact) mass is 486 g/mol. The molecular weight excluding hydrogens is 456 g/mol. The van der Waals surface area contributed by atoms with Gasteiger partial charge in [-0.2, -0.15) is 16.1 Å². The number of carbonyl (C=O) groups excluding carboxylic acids is 2. The standard InChI is InChI=1S/C20H30N4O4S3/c25-18(22-5-2-1-3-6-22)16-21-7-9-23(10-8-21)20(26)19-17(4-13-30-19)31(27,28)24-11-14-29-15-12-24/h4,13H,1-3,5-12,14-16H2. The summed E-state index contributed by atoms with van der Waals surface area (Å²) in [5.41, 5.74) is 0. The highest BCUT2D eigenvalue weighted by molar-refractivity contribution is 7.99. The van der Waals surface area contributed by atoms with Crippen molar-refractivity contribution < 1.29 is 18.0 Å². The molecule has 31 heavy (non-hydrogen) atoms. The molecular formula is C20H30N4O4S3. The molecule has 0 aromatic carbocycles. The zero-order valence-electron chi connectivity index (χ0n) is 17.7. The third kappa shape index (κ3) is 5.27. The van der Waals surface area contributed by atoms with Crippen LogP contribution in [0.25, 0.3) is 0 Å². The van der Waals surface area contributed by atoms with Gasteiger partial charge in [-0.25, -0.2) is 8.42 Å². The number of likely N-dealkylation sites (tertiary alicyclic amines) is 1. The maximum Gasteiger partial charge on any atom is 0.265 e. The van der Waals surface area contributed by atoms with E-state index in [1.807, 2.05) is 4.90 Å². The molecule has 0 N–H and O–H groups in total. The van der Waals surface area contributed by atoms with Gasteiger partial charge >= 0.3 is 0 Å². The molecule has 0 atom stereocenters. The van der Waals surface area contributed by atoms with Gasteiger partial charge < -0.3 is 9.80 Å². The number of carbonyl (C=O) groups is 2. The van der Waals surface area contributed by atoms with Crippen molar-refractivity contribution in [3.05, 3.63) is 16.3 Å². The molecule has 172 valence electrons. The van der Waals surface area contributed by atoms with E-state index < -0.39 is 10.0 Å². The van der Waals surface area contributed by atoms with Gasteiger partial charge in [-0.05, 0) is 30.7 Å². The van der Waals surface area contributed by atoms with Crippen LogP contribution in [0, 0.1) is 0 Å². The highest BCUT2D eigenvalue weighted by Crippen LogP contribution is 2.28. The number of nitrogens with zero attached hydrogens (tertiary/aromatic N) is 4. The Balaban J connectivity index is 1.35. The van der Waals surface area contributed by atoms with Gasteiger partial charge in [-0.15, -0.1) is 11.3 Å². The Morgan fingerprint density at radius 2 is 1.55 bits per heavy atom. The average molecular weight is 487 g/mol. The summed E-state index contributed by atoms with van der Waals surface area (Å²) < 4.78 is 27.7. The second kappa shape index (κ2) is 10.2. The zero-order chi connectivity index (χ0) is 21.8. The number of sulfonamides is 1. The molecule has 0 aliphatic carbocycles. The summed E-state index contributed by atoms with van der Waals surface area (Å²) >= 11 is 2.94. The fourth-order valence-corrected chi connectivity index (χ4v) is 8.21. The highest BCUT2D eigenvalue weighted by Gasteiger charge is 2.33. The Bertz CT molecular complexity index is 884. The summed E-state index contributed by atoms with van der Waals surface area (Å²) in [4.78, 5) is 31.9. The third-order valence-electron chi connectivity index (χ3n) is 6.14. The first-order valence-corrected chi connectivity index (χ1v) is 14.4. The average Bonchev–Trinajstić information content (AvgIpc) is 3.31. The lowest BCUT2D eigenvalue weighted by molar-refractivity contribution is -0.133. The molecule has 4 heterocycles. The molecule has 8 nitrogen and oxygen atoms in total. The van der Waals surface area contributed by atoms with E-state index in [9.17, 15) is 18.0 Å². The summed E-state index contributed by atoms with van der Waals surface area (Å²) in [6.45, 7) is 5.33. The zero-order valence-corrected chi connectivity index (χ0v) is 20.2. The van der Waals surface area contributed by atoms with Gasteiger partial charge in [0.2, 0.25) is 15.9 Å². The minimum atomic E-state index is -3.65. The normalized spacial score (nSPS) is 21.9. The summed E-state index contributed by atoms with van der Waals surface area (Å²) in [6, 6.07) is 1.56. The molecule has 0 bridgehead atoms. The summed E-state index contributed by atoms with van der Waals surface area (Å²) in [7, 11) is -3.65. The van der Waals surface area contributed by atoms with Crippen molar-refractivity contribution in [1.82, 2.24) is 19.0 Å². The Hall–Kier alpha value is -1.14. The van der Waals surface area contributed by atoms with Gasteiger partial charge in [0.05, 0.1) is 6.54 Å². The fourth-order valence-electron chi connectivity index (χ4n) is 4.27. The van der Waals surface area contributed by atoms with Crippen LogP contribution in [0.4, 0.5) is 0 Å². The number of piperazine rings is 1. The summed E-state index contributed by atoms with van der Waals surface area (Å²) in [5.74, 6) is 1.52. The van der Waals surface area contributed by atoms with Crippen LogP contribution < -0.4 is 0 Å². The second-order valence-corrected chi connectivity index (χ2v) is 12.2. The van der Waals surface area contributed by atoms with Gasteiger partial charge in [-0.3, -0.25) is 14.5 Å². The molecule has 3 aliphatic heterocycles. The first-order chi connectivity index (χ1) is 15.0. The number of piperidine rings is 1. The predicted molar refractivity (Wildman–Crippen MR) is 123 cm³/mol. The molecule has 0 saturated carbocycles. The smallest absolute Gasteiger partial charge is 0.265 e. The van der Waals surface area contributed by atoms with Crippen molar-refractivity contribution in [2.45, 2.75) is 24.2 Å². The molecule has 3 aliphatic rings. The topological polar surface area (TPSA) is 81.2 Å². The first kappa shape index (κ1) is 23.0. The van der Waals surface area contributed by atoms with Crippen molar-refractivity contribution >= 4 is 44.9 Å². The van der Waals surface area contributed by atoms with E-state index in [1.54, 1.807) is 28.1 Å². The Morgan fingerprint density at radius 1 is 0.871 bits per heavy atom. The fraction of sp³-hybridized carbons (Fsp3) is 0.700. The van der Waals surface area contributed by atoms with Crippen LogP contribution in [-0.4, -0.2) is 110 Å². The minimum Gasteiger partial charge on any atom is -0.342 e. The van der Waals surface area contributed by atoms with E-state index in [2.05, 4.69) is 4.90 Å². The molecule has 0 radical (unpaired) electrons. The van der Waals surface area contributed by atoms with Gasteiger partial charge in [0.15, 0.2) is 0 Å². The van der Waals surface area contributed by atoms with Crippen LogP contribution >= 0.6 is 23.1 Å². The van der Waals surface area contributed by atoms with Gasteiger partial charge in [0, 0.05) is 63.9 Å². The number of rotatable bonds is 5. The predicted octanol–water partition coefficient (Wildman–Crippen LogP) is 1.26. The van der Waals surface area contributed by atoms with Crippen LogP contribution in [0.2, 0.25) is 0 Å². The second-order valence-electron chi connectivity index (χ2n) is 8.14. The van der Waals surface area contributed by atoms with Crippen molar-refractivity contribution in [1.29, 1.82) is 0 Å². The molecule has 1 aromatic rings. The van der Waals surface area contributed by atoms with Crippen molar-refractivity contribution in [2.24, 2.45) is 0 Å². The van der Waals surface area contributed by atoms with Crippen LogP contribution in [0.5, 0.6) is 0 Å². The third-order valence-corrected chi connectivity index (χ3v) is 10.1. The van der Waals surface area contributed by atoms with Crippen LogP contribution in [-0.2, 0) is 14.8 Å². The van der Waals surface area contributed by atoms with Crippen LogP contribution in [0.3, 0.4) is 0 Å². The van der Waals surface area contributed by atoms with E-state index in [0.29, 0.717) is 50.7 Å². The van der Waals surface area contributed by atoms with Gasteiger partial charge in [0.1, 0.15) is 9.77 Å². The maximum atomic E-state index is 13.1. The molecule has 0 unspecified atom stereocenters. The van der Waals surface area contributed by atoms with Gasteiger partial charge in [0.25, 0.3) is 5.91 Å². The lowest BCUT2D eigenvalue weighted by Gasteiger charge is -2.36. The molecule has 4 rings (SSSR count). The van der Waals surface area contributed by atoms with E-state index >= 15 is 0 Å². The quantitative estimate of drug-likeness (QED) is 0.623. The van der Waals surface area contributed by atoms with E-state index in [-0.39, 0.29) is 16.7 Å². The number of hydrogen-bond acceptors (Lipinski definition) is 7. The van der Waals surface area contributed by atoms with E-state index in [0.717, 1.165) is 37.4 Å². The summed E-state index contributed by atoms with van der Waals surface area (Å²) in [5, 5.41) is 1.69. The molecule has 3 fully saturated rings. The SMILES string of the molecule is O=C(CN1CCN(C(=O)c2sccc2S(=O)(=O)N2CCSCC2)CC1)N1CCCCC1. The van der Waals surface area contributed by atoms with Crippen molar-refractivity contribution in [3.63, 3.8) is 0 Å². The Kier molecular flexibility index (Phi) is 7.58. The Morgan fingerprint density at radius 3 is 2.23 bits per heavy atom. The maximum absolute atomic E-state index is 13.1. The highest BCUT2D eigenvalue weighted by atomic mass is 32.2. The number of thioether (sulfide) groups is 1. The van der Waals surface area contributed by atoms with E-state index in [4.69, 9.17) is 0 Å². The van der Waals surface area contributed by atoms with Crippen LogP contribution in [0.1, 0.15) is 28.9 Å². The van der Waals surface area contributed by atoms with Crippen molar-refractivity contribution in [3.8, 4) is 0 Å². The molecule has 2 amide bonds. The lowest BCUT2D eigenvalue weighted by atomic mass is 10.1. The van der Waals surface area contributed by atoms with Crippen LogP contribution in [0.15, 0.2) is 16.3 Å². The number of amides is 2. The number of hydrogen-bond donors (Lipinski definition) is 0. The van der Waals surface area contributed by atoms with E-state index in [1.165, 1.54) is 22.1 Å². The summed E-state index contributed by atoms with van der Waals surface area (Å²) in [6.07, 6.45) is 3.36. The Labute approximate surface area is 192 Å². The largest absolute Gasteiger partial charge is 0.342 e. The molecule has 1 aromatic heterocycles. The molecule has 11 heteroatoms. The minimum absolute atomic E-state index is 0.136. The van der Waals surface area contributed by atoms with Crippen molar-refractivity contribution in [2.75, 3.05) is 70.4 Å². The number of thiophene rings is 1. The first-order valence-electron chi connectivity index (χ1n) is 10.9. The van der Waals surface area contributed by atoms with Gasteiger partial charge in [-0.1, -0.05) is 0 Å². The lowest BCUT2D eigenvalue weighted by Crippen LogP contribution is -2.52. The molecule has 0 spiro atoms. The molecule has 3 saturated heterocycles.